The fraction of sp³-hybridized carbons (Fsp3) is 0.588. The number of amides is 1. The Morgan fingerprint density at radius 2 is 1.73 bits per heavy atom. The summed E-state index contributed by atoms with van der Waals surface area (Å²) < 4.78 is 10.7. The van der Waals surface area contributed by atoms with Crippen molar-refractivity contribution in [2.24, 2.45) is 0 Å². The maximum absolute atomic E-state index is 12.9. The van der Waals surface area contributed by atoms with Gasteiger partial charge in [-0.05, 0) is 44.5 Å². The van der Waals surface area contributed by atoms with Gasteiger partial charge in [0.25, 0.3) is 5.91 Å². The van der Waals surface area contributed by atoms with Crippen LogP contribution in [0.2, 0.25) is 0 Å². The van der Waals surface area contributed by atoms with E-state index in [1.807, 2.05) is 23.1 Å². The van der Waals surface area contributed by atoms with Crippen molar-refractivity contribution in [3.8, 4) is 11.5 Å². The Kier molecular flexibility index (Phi) is 4.52. The van der Waals surface area contributed by atoms with E-state index in [-0.39, 0.29) is 5.91 Å². The minimum absolute atomic E-state index is 0.0102. The molecule has 0 aliphatic carbocycles. The van der Waals surface area contributed by atoms with Crippen molar-refractivity contribution in [1.29, 1.82) is 0 Å². The molecule has 5 nitrogen and oxygen atoms in total. The monoisotopic (exact) mass is 304 g/mol. The molecule has 0 N–H and O–H groups in total. The van der Waals surface area contributed by atoms with Gasteiger partial charge < -0.3 is 14.4 Å². The van der Waals surface area contributed by atoms with Crippen LogP contribution in [0.25, 0.3) is 0 Å². The quantitative estimate of drug-likeness (QED) is 0.853. The SMILES string of the molecule is COc1cccc(OC)c1C(=O)N1CCC(N2CCCC2)C1. The summed E-state index contributed by atoms with van der Waals surface area (Å²) in [4.78, 5) is 17.4. The molecule has 2 fully saturated rings. The van der Waals surface area contributed by atoms with Gasteiger partial charge in [0.15, 0.2) is 0 Å². The number of methoxy groups -OCH3 is 2. The molecule has 22 heavy (non-hydrogen) atoms. The predicted octanol–water partition coefficient (Wildman–Crippen LogP) is 2.01. The number of likely N-dealkylation sites (tertiary alicyclic amines) is 2. The highest BCUT2D eigenvalue weighted by Gasteiger charge is 2.33. The minimum atomic E-state index is 0.0102. The number of nitrogens with zero attached hydrogens (tertiary/aromatic N) is 2. The molecule has 1 aromatic carbocycles. The van der Waals surface area contributed by atoms with Gasteiger partial charge in [-0.1, -0.05) is 6.07 Å². The molecular formula is C17H24N2O3. The zero-order valence-corrected chi connectivity index (χ0v) is 13.4. The molecule has 0 saturated carbocycles. The number of ether oxygens (including phenoxy) is 2. The smallest absolute Gasteiger partial charge is 0.261 e. The van der Waals surface area contributed by atoms with Crippen LogP contribution in [0.4, 0.5) is 0 Å². The van der Waals surface area contributed by atoms with E-state index < -0.39 is 0 Å². The Bertz CT molecular complexity index is 518. The zero-order chi connectivity index (χ0) is 15.5. The van der Waals surface area contributed by atoms with E-state index in [1.54, 1.807) is 14.2 Å². The van der Waals surface area contributed by atoms with E-state index in [9.17, 15) is 4.79 Å². The summed E-state index contributed by atoms with van der Waals surface area (Å²) in [5.74, 6) is 1.17. The van der Waals surface area contributed by atoms with Crippen LogP contribution in [0.1, 0.15) is 29.6 Å². The summed E-state index contributed by atoms with van der Waals surface area (Å²) in [6, 6.07) is 5.96. The third-order valence-corrected chi connectivity index (χ3v) is 4.75. The van der Waals surface area contributed by atoms with Crippen LogP contribution in [0.15, 0.2) is 18.2 Å². The predicted molar refractivity (Wildman–Crippen MR) is 84.7 cm³/mol. The van der Waals surface area contributed by atoms with Crippen LogP contribution in [0, 0.1) is 0 Å². The Morgan fingerprint density at radius 1 is 1.09 bits per heavy atom. The molecule has 0 aromatic heterocycles. The molecular weight excluding hydrogens is 280 g/mol. The molecule has 0 radical (unpaired) electrons. The molecule has 1 atom stereocenters. The lowest BCUT2D eigenvalue weighted by molar-refractivity contribution is 0.0773. The number of hydrogen-bond acceptors (Lipinski definition) is 4. The number of rotatable bonds is 4. The molecule has 2 aliphatic rings. The van der Waals surface area contributed by atoms with Crippen molar-refractivity contribution in [2.45, 2.75) is 25.3 Å². The second-order valence-electron chi connectivity index (χ2n) is 5.97. The number of carbonyl (C=O) groups excluding carboxylic acids is 1. The van der Waals surface area contributed by atoms with Gasteiger partial charge in [0.05, 0.1) is 14.2 Å². The number of benzene rings is 1. The highest BCUT2D eigenvalue weighted by molar-refractivity contribution is 5.99. The van der Waals surface area contributed by atoms with Crippen LogP contribution < -0.4 is 9.47 Å². The largest absolute Gasteiger partial charge is 0.496 e. The van der Waals surface area contributed by atoms with Crippen LogP contribution in [0.3, 0.4) is 0 Å². The third-order valence-electron chi connectivity index (χ3n) is 4.75. The highest BCUT2D eigenvalue weighted by atomic mass is 16.5. The van der Waals surface area contributed by atoms with E-state index in [1.165, 1.54) is 25.9 Å². The Balaban J connectivity index is 1.77. The second kappa shape index (κ2) is 6.57. The number of hydrogen-bond donors (Lipinski definition) is 0. The maximum atomic E-state index is 12.9. The highest BCUT2D eigenvalue weighted by Crippen LogP contribution is 2.31. The topological polar surface area (TPSA) is 42.0 Å². The normalized spacial score (nSPS) is 22.1. The Hall–Kier alpha value is -1.75. The summed E-state index contributed by atoms with van der Waals surface area (Å²) >= 11 is 0. The summed E-state index contributed by atoms with van der Waals surface area (Å²) in [7, 11) is 3.17. The van der Waals surface area contributed by atoms with E-state index >= 15 is 0 Å². The van der Waals surface area contributed by atoms with Crippen molar-refractivity contribution in [3.63, 3.8) is 0 Å². The number of carbonyl (C=O) groups is 1. The fourth-order valence-corrected chi connectivity index (χ4v) is 3.55. The van der Waals surface area contributed by atoms with Gasteiger partial charge in [-0.15, -0.1) is 0 Å². The molecule has 0 spiro atoms. The van der Waals surface area contributed by atoms with Crippen molar-refractivity contribution >= 4 is 5.91 Å². The fourth-order valence-electron chi connectivity index (χ4n) is 3.55. The summed E-state index contributed by atoms with van der Waals surface area (Å²) in [5.41, 5.74) is 0.537. The van der Waals surface area contributed by atoms with Crippen LogP contribution >= 0.6 is 0 Å². The lowest BCUT2D eigenvalue weighted by Gasteiger charge is -2.24. The van der Waals surface area contributed by atoms with Crippen LogP contribution in [0.5, 0.6) is 11.5 Å². The molecule has 2 heterocycles. The van der Waals surface area contributed by atoms with Crippen LogP contribution in [-0.2, 0) is 0 Å². The van der Waals surface area contributed by atoms with Gasteiger partial charge in [-0.2, -0.15) is 0 Å². The van der Waals surface area contributed by atoms with E-state index in [0.717, 1.165) is 19.5 Å². The van der Waals surface area contributed by atoms with Crippen molar-refractivity contribution in [2.75, 3.05) is 40.4 Å². The molecule has 1 amide bonds. The molecule has 2 aliphatic heterocycles. The van der Waals surface area contributed by atoms with Crippen LogP contribution in [-0.4, -0.2) is 62.1 Å². The average Bonchev–Trinajstić information content (AvgIpc) is 3.23. The molecule has 0 bridgehead atoms. The van der Waals surface area contributed by atoms with Gasteiger partial charge in [-0.25, -0.2) is 0 Å². The third kappa shape index (κ3) is 2.77. The van der Waals surface area contributed by atoms with Gasteiger partial charge in [0.1, 0.15) is 17.1 Å². The molecule has 1 unspecified atom stereocenters. The molecule has 5 heteroatoms. The van der Waals surface area contributed by atoms with Crippen molar-refractivity contribution in [1.82, 2.24) is 9.80 Å². The summed E-state index contributed by atoms with van der Waals surface area (Å²) in [6.07, 6.45) is 3.62. The van der Waals surface area contributed by atoms with E-state index in [0.29, 0.717) is 23.1 Å². The van der Waals surface area contributed by atoms with Crippen molar-refractivity contribution in [3.05, 3.63) is 23.8 Å². The van der Waals surface area contributed by atoms with E-state index in [4.69, 9.17) is 9.47 Å². The first-order valence-corrected chi connectivity index (χ1v) is 7.99. The van der Waals surface area contributed by atoms with Gasteiger partial charge in [0, 0.05) is 19.1 Å². The molecule has 2 saturated heterocycles. The van der Waals surface area contributed by atoms with Gasteiger partial charge in [0.2, 0.25) is 0 Å². The summed E-state index contributed by atoms with van der Waals surface area (Å²) in [5, 5.41) is 0. The first kappa shape index (κ1) is 15.2. The molecule has 3 rings (SSSR count). The lowest BCUT2D eigenvalue weighted by Crippen LogP contribution is -2.37. The Morgan fingerprint density at radius 3 is 2.32 bits per heavy atom. The average molecular weight is 304 g/mol. The standard InChI is InChI=1S/C17H24N2O3/c1-21-14-6-5-7-15(22-2)16(14)17(20)19-11-8-13(12-19)18-9-3-4-10-18/h5-7,13H,3-4,8-12H2,1-2H3. The first-order valence-electron chi connectivity index (χ1n) is 7.99. The zero-order valence-electron chi connectivity index (χ0n) is 13.4. The molecule has 120 valence electrons. The summed E-state index contributed by atoms with van der Waals surface area (Å²) in [6.45, 7) is 3.95. The Labute approximate surface area is 131 Å². The van der Waals surface area contributed by atoms with Crippen molar-refractivity contribution < 1.29 is 14.3 Å². The lowest BCUT2D eigenvalue weighted by atomic mass is 10.1. The minimum Gasteiger partial charge on any atom is -0.496 e. The molecule has 1 aromatic rings. The second-order valence-corrected chi connectivity index (χ2v) is 5.97. The first-order chi connectivity index (χ1) is 10.7. The van der Waals surface area contributed by atoms with Gasteiger partial charge >= 0.3 is 0 Å². The maximum Gasteiger partial charge on any atom is 0.261 e. The van der Waals surface area contributed by atoms with Gasteiger partial charge in [-0.3, -0.25) is 9.69 Å². The van der Waals surface area contributed by atoms with E-state index in [2.05, 4.69) is 4.90 Å².